The number of ether oxygens (including phenoxy) is 1. The first-order chi connectivity index (χ1) is 12.7. The Kier molecular flexibility index (Phi) is 4.44. The summed E-state index contributed by atoms with van der Waals surface area (Å²) in [6.07, 6.45) is 4.12. The minimum absolute atomic E-state index is 0.0507. The van der Waals surface area contributed by atoms with Crippen molar-refractivity contribution in [1.29, 1.82) is 0 Å². The number of fused-ring (bicyclic) bond motifs is 1. The molecule has 0 N–H and O–H groups in total. The van der Waals surface area contributed by atoms with E-state index in [1.165, 1.54) is 11.1 Å². The maximum absolute atomic E-state index is 12.9. The molecule has 3 aromatic rings. The van der Waals surface area contributed by atoms with E-state index in [4.69, 9.17) is 4.74 Å². The number of carbonyl (C=O) groups excluding carboxylic acids is 1. The minimum atomic E-state index is 0.0507. The van der Waals surface area contributed by atoms with Crippen LogP contribution in [0, 0.1) is 0 Å². The third-order valence-corrected chi connectivity index (χ3v) is 4.88. The highest BCUT2D eigenvalue weighted by molar-refractivity contribution is 5.79. The fourth-order valence-corrected chi connectivity index (χ4v) is 3.49. The molecule has 1 amide bonds. The smallest absolute Gasteiger partial charge is 0.227 e. The summed E-state index contributed by atoms with van der Waals surface area (Å²) in [5.74, 6) is 0.925. The average Bonchev–Trinajstić information content (AvgIpc) is 3.22. The molecule has 4 rings (SSSR count). The quantitative estimate of drug-likeness (QED) is 0.729. The van der Waals surface area contributed by atoms with Crippen LogP contribution in [0.2, 0.25) is 0 Å². The summed E-state index contributed by atoms with van der Waals surface area (Å²) in [4.78, 5) is 14.8. The molecule has 2 aromatic carbocycles. The van der Waals surface area contributed by atoms with Gasteiger partial charge in [-0.2, -0.15) is 5.10 Å². The SMILES string of the molecule is COc1ccc(CC(=O)N2Cc3ccccc3C(n3cccn3)C2)cc1. The summed E-state index contributed by atoms with van der Waals surface area (Å²) in [5, 5.41) is 4.40. The van der Waals surface area contributed by atoms with Crippen LogP contribution in [0.15, 0.2) is 67.0 Å². The molecule has 132 valence electrons. The van der Waals surface area contributed by atoms with Gasteiger partial charge in [-0.1, -0.05) is 36.4 Å². The molecule has 0 fully saturated rings. The first-order valence-corrected chi connectivity index (χ1v) is 8.72. The van der Waals surface area contributed by atoms with Crippen molar-refractivity contribution in [3.8, 4) is 5.75 Å². The molecule has 0 spiro atoms. The minimum Gasteiger partial charge on any atom is -0.497 e. The monoisotopic (exact) mass is 347 g/mol. The number of nitrogens with zero attached hydrogens (tertiary/aromatic N) is 3. The van der Waals surface area contributed by atoms with Gasteiger partial charge in [0.2, 0.25) is 5.91 Å². The molecule has 5 heteroatoms. The molecule has 0 saturated carbocycles. The molecule has 0 bridgehead atoms. The van der Waals surface area contributed by atoms with E-state index in [-0.39, 0.29) is 11.9 Å². The van der Waals surface area contributed by atoms with Crippen LogP contribution in [0.25, 0.3) is 0 Å². The van der Waals surface area contributed by atoms with Crippen LogP contribution in [0.3, 0.4) is 0 Å². The van der Waals surface area contributed by atoms with E-state index in [1.54, 1.807) is 13.3 Å². The third kappa shape index (κ3) is 3.20. The van der Waals surface area contributed by atoms with Gasteiger partial charge in [-0.15, -0.1) is 0 Å². The van der Waals surface area contributed by atoms with Crippen LogP contribution in [-0.4, -0.2) is 34.2 Å². The molecule has 1 aromatic heterocycles. The van der Waals surface area contributed by atoms with Crippen LogP contribution in [0.1, 0.15) is 22.7 Å². The zero-order valence-corrected chi connectivity index (χ0v) is 14.7. The van der Waals surface area contributed by atoms with Gasteiger partial charge in [-0.05, 0) is 34.9 Å². The first kappa shape index (κ1) is 16.4. The van der Waals surface area contributed by atoms with E-state index in [2.05, 4.69) is 17.2 Å². The van der Waals surface area contributed by atoms with Gasteiger partial charge in [0.15, 0.2) is 0 Å². The Morgan fingerprint density at radius 2 is 1.96 bits per heavy atom. The topological polar surface area (TPSA) is 47.4 Å². The van der Waals surface area contributed by atoms with Crippen molar-refractivity contribution in [2.45, 2.75) is 19.0 Å². The van der Waals surface area contributed by atoms with Gasteiger partial charge in [0.05, 0.1) is 19.6 Å². The van der Waals surface area contributed by atoms with Crippen LogP contribution in [-0.2, 0) is 17.8 Å². The number of amides is 1. The lowest BCUT2D eigenvalue weighted by atomic mass is 9.95. The zero-order chi connectivity index (χ0) is 17.9. The number of aromatic nitrogens is 2. The Morgan fingerprint density at radius 3 is 2.69 bits per heavy atom. The van der Waals surface area contributed by atoms with Crippen molar-refractivity contribution in [3.63, 3.8) is 0 Å². The predicted octanol–water partition coefficient (Wildman–Crippen LogP) is 3.07. The molecule has 26 heavy (non-hydrogen) atoms. The Hall–Kier alpha value is -3.08. The summed E-state index contributed by atoms with van der Waals surface area (Å²) < 4.78 is 7.12. The lowest BCUT2D eigenvalue weighted by Crippen LogP contribution is -2.41. The van der Waals surface area contributed by atoms with Crippen molar-refractivity contribution < 1.29 is 9.53 Å². The van der Waals surface area contributed by atoms with Gasteiger partial charge >= 0.3 is 0 Å². The van der Waals surface area contributed by atoms with Gasteiger partial charge in [0, 0.05) is 25.5 Å². The van der Waals surface area contributed by atoms with Gasteiger partial charge in [0.25, 0.3) is 0 Å². The molecule has 1 unspecified atom stereocenters. The maximum Gasteiger partial charge on any atom is 0.227 e. The fourth-order valence-electron chi connectivity index (χ4n) is 3.49. The highest BCUT2D eigenvalue weighted by atomic mass is 16.5. The second-order valence-electron chi connectivity index (χ2n) is 6.50. The van der Waals surface area contributed by atoms with E-state index in [0.29, 0.717) is 19.5 Å². The summed E-state index contributed by atoms with van der Waals surface area (Å²) in [5.41, 5.74) is 3.41. The van der Waals surface area contributed by atoms with E-state index in [1.807, 2.05) is 58.2 Å². The highest BCUT2D eigenvalue weighted by Gasteiger charge is 2.29. The molecule has 0 radical (unpaired) electrons. The van der Waals surface area contributed by atoms with Crippen LogP contribution in [0.5, 0.6) is 5.75 Å². The predicted molar refractivity (Wildman–Crippen MR) is 98.9 cm³/mol. The number of hydrogen-bond acceptors (Lipinski definition) is 3. The van der Waals surface area contributed by atoms with Gasteiger partial charge < -0.3 is 9.64 Å². The summed E-state index contributed by atoms with van der Waals surface area (Å²) in [6.45, 7) is 1.27. The molecule has 0 saturated heterocycles. The zero-order valence-electron chi connectivity index (χ0n) is 14.7. The Balaban J connectivity index is 1.56. The standard InChI is InChI=1S/C21H21N3O2/c1-26-18-9-7-16(8-10-18)13-21(25)23-14-17-5-2-3-6-19(17)20(15-23)24-12-4-11-22-24/h2-12,20H,13-15H2,1H3. The number of carbonyl (C=O) groups is 1. The first-order valence-electron chi connectivity index (χ1n) is 8.72. The van der Waals surface area contributed by atoms with Crippen molar-refractivity contribution in [2.75, 3.05) is 13.7 Å². The van der Waals surface area contributed by atoms with E-state index in [0.717, 1.165) is 11.3 Å². The van der Waals surface area contributed by atoms with E-state index in [9.17, 15) is 4.79 Å². The number of benzene rings is 2. The average molecular weight is 347 g/mol. The van der Waals surface area contributed by atoms with Crippen molar-refractivity contribution >= 4 is 5.91 Å². The van der Waals surface area contributed by atoms with Crippen LogP contribution in [0.4, 0.5) is 0 Å². The molecular formula is C21H21N3O2. The summed E-state index contributed by atoms with van der Waals surface area (Å²) in [6, 6.07) is 17.9. The summed E-state index contributed by atoms with van der Waals surface area (Å²) >= 11 is 0. The second kappa shape index (κ2) is 7.04. The lowest BCUT2D eigenvalue weighted by molar-refractivity contribution is -0.131. The second-order valence-corrected chi connectivity index (χ2v) is 6.50. The molecule has 1 atom stereocenters. The Morgan fingerprint density at radius 1 is 1.15 bits per heavy atom. The molecule has 5 nitrogen and oxygen atoms in total. The summed E-state index contributed by atoms with van der Waals surface area (Å²) in [7, 11) is 1.64. The van der Waals surface area contributed by atoms with Crippen molar-refractivity contribution in [3.05, 3.63) is 83.7 Å². The lowest BCUT2D eigenvalue weighted by Gasteiger charge is -2.35. The van der Waals surface area contributed by atoms with Crippen molar-refractivity contribution in [1.82, 2.24) is 14.7 Å². The van der Waals surface area contributed by atoms with Crippen LogP contribution >= 0.6 is 0 Å². The van der Waals surface area contributed by atoms with Gasteiger partial charge in [0.1, 0.15) is 5.75 Å². The van der Waals surface area contributed by atoms with E-state index >= 15 is 0 Å². The molecule has 1 aliphatic rings. The largest absolute Gasteiger partial charge is 0.497 e. The van der Waals surface area contributed by atoms with E-state index < -0.39 is 0 Å². The third-order valence-electron chi connectivity index (χ3n) is 4.88. The number of rotatable bonds is 4. The molecule has 2 heterocycles. The van der Waals surface area contributed by atoms with Gasteiger partial charge in [-0.25, -0.2) is 0 Å². The maximum atomic E-state index is 12.9. The fraction of sp³-hybridized carbons (Fsp3) is 0.238. The molecular weight excluding hydrogens is 326 g/mol. The number of methoxy groups -OCH3 is 1. The highest BCUT2D eigenvalue weighted by Crippen LogP contribution is 2.29. The molecule has 1 aliphatic heterocycles. The Bertz CT molecular complexity index is 888. The van der Waals surface area contributed by atoms with Crippen LogP contribution < -0.4 is 4.74 Å². The Labute approximate surface area is 152 Å². The molecule has 0 aliphatic carbocycles. The van der Waals surface area contributed by atoms with Gasteiger partial charge in [-0.3, -0.25) is 9.48 Å². The number of hydrogen-bond donors (Lipinski definition) is 0. The van der Waals surface area contributed by atoms with Crippen molar-refractivity contribution in [2.24, 2.45) is 0 Å². The normalized spacial score (nSPS) is 16.2.